The predicted molar refractivity (Wildman–Crippen MR) is 76.5 cm³/mol. The van der Waals surface area contributed by atoms with Gasteiger partial charge in [0.05, 0.1) is 0 Å². The number of amides is 1. The number of anilines is 1. The highest BCUT2D eigenvalue weighted by Gasteiger charge is 2.09. The third-order valence-corrected chi connectivity index (χ3v) is 3.35. The van der Waals surface area contributed by atoms with E-state index >= 15 is 0 Å². The summed E-state index contributed by atoms with van der Waals surface area (Å²) >= 11 is 0. The second kappa shape index (κ2) is 7.88. The van der Waals surface area contributed by atoms with Gasteiger partial charge in [-0.2, -0.15) is 0 Å². The number of benzene rings is 1. The summed E-state index contributed by atoms with van der Waals surface area (Å²) in [7, 11) is 0. The Balaban J connectivity index is 2.40. The van der Waals surface area contributed by atoms with Crippen LogP contribution in [0.25, 0.3) is 0 Å². The van der Waals surface area contributed by atoms with Crippen LogP contribution < -0.4 is 11.1 Å². The largest absolute Gasteiger partial charge is 0.330 e. The molecule has 1 unspecified atom stereocenters. The number of hydrogen-bond donors (Lipinski definition) is 2. The van der Waals surface area contributed by atoms with Crippen LogP contribution in [0.2, 0.25) is 0 Å². The summed E-state index contributed by atoms with van der Waals surface area (Å²) in [4.78, 5) is 11.8. The van der Waals surface area contributed by atoms with Gasteiger partial charge in [0.15, 0.2) is 0 Å². The van der Waals surface area contributed by atoms with Gasteiger partial charge in [0.2, 0.25) is 5.91 Å². The molecular weight excluding hydrogens is 224 g/mol. The standard InChI is InChI=1S/C15H24N2O/c1-3-13(10-11-16)8-9-15(18)17-14-7-5-4-6-12(14)2/h4-7,13H,3,8-11,16H2,1-2H3,(H,17,18). The van der Waals surface area contributed by atoms with Gasteiger partial charge in [0.1, 0.15) is 0 Å². The first-order valence-corrected chi connectivity index (χ1v) is 6.73. The monoisotopic (exact) mass is 248 g/mol. The minimum absolute atomic E-state index is 0.0970. The molecule has 3 N–H and O–H groups in total. The van der Waals surface area contributed by atoms with E-state index < -0.39 is 0 Å². The van der Waals surface area contributed by atoms with E-state index in [1.807, 2.05) is 31.2 Å². The van der Waals surface area contributed by atoms with Crippen molar-refractivity contribution in [2.45, 2.75) is 39.5 Å². The highest BCUT2D eigenvalue weighted by molar-refractivity contribution is 5.91. The molecule has 0 fully saturated rings. The number of nitrogens with one attached hydrogen (secondary N) is 1. The molecule has 0 spiro atoms. The molecule has 0 aliphatic heterocycles. The maximum absolute atomic E-state index is 11.8. The van der Waals surface area contributed by atoms with Gasteiger partial charge in [-0.05, 0) is 43.9 Å². The molecule has 0 aliphatic rings. The van der Waals surface area contributed by atoms with Crippen molar-refractivity contribution in [1.29, 1.82) is 0 Å². The number of nitrogens with two attached hydrogens (primary N) is 1. The molecular formula is C15H24N2O. The van der Waals surface area contributed by atoms with Gasteiger partial charge in [0, 0.05) is 12.1 Å². The molecule has 1 amide bonds. The van der Waals surface area contributed by atoms with Crippen molar-refractivity contribution in [3.05, 3.63) is 29.8 Å². The summed E-state index contributed by atoms with van der Waals surface area (Å²) < 4.78 is 0. The summed E-state index contributed by atoms with van der Waals surface area (Å²) in [6.07, 6.45) is 3.60. The second-order valence-corrected chi connectivity index (χ2v) is 4.75. The number of carbonyl (C=O) groups is 1. The van der Waals surface area contributed by atoms with E-state index in [2.05, 4.69) is 12.2 Å². The normalized spacial score (nSPS) is 12.2. The molecule has 3 nitrogen and oxygen atoms in total. The van der Waals surface area contributed by atoms with Gasteiger partial charge < -0.3 is 11.1 Å². The maximum atomic E-state index is 11.8. The summed E-state index contributed by atoms with van der Waals surface area (Å²) in [6.45, 7) is 4.86. The zero-order chi connectivity index (χ0) is 13.4. The first-order valence-electron chi connectivity index (χ1n) is 6.73. The molecule has 1 atom stereocenters. The fourth-order valence-electron chi connectivity index (χ4n) is 2.05. The molecule has 0 radical (unpaired) electrons. The Morgan fingerprint density at radius 2 is 2.06 bits per heavy atom. The van der Waals surface area contributed by atoms with Gasteiger partial charge in [-0.15, -0.1) is 0 Å². The molecule has 0 heterocycles. The van der Waals surface area contributed by atoms with Crippen LogP contribution in [0.4, 0.5) is 5.69 Å². The van der Waals surface area contributed by atoms with Gasteiger partial charge in [-0.3, -0.25) is 4.79 Å². The lowest BCUT2D eigenvalue weighted by Crippen LogP contribution is -2.15. The predicted octanol–water partition coefficient (Wildman–Crippen LogP) is 3.09. The van der Waals surface area contributed by atoms with Crippen LogP contribution in [-0.2, 0) is 4.79 Å². The third kappa shape index (κ3) is 4.88. The highest BCUT2D eigenvalue weighted by atomic mass is 16.1. The molecule has 1 aromatic carbocycles. The average Bonchev–Trinajstić information content (AvgIpc) is 2.37. The summed E-state index contributed by atoms with van der Waals surface area (Å²) in [5.74, 6) is 0.664. The minimum atomic E-state index is 0.0970. The second-order valence-electron chi connectivity index (χ2n) is 4.75. The Hall–Kier alpha value is -1.35. The molecule has 1 aromatic rings. The van der Waals surface area contributed by atoms with E-state index in [0.29, 0.717) is 18.9 Å². The van der Waals surface area contributed by atoms with Crippen molar-refractivity contribution in [1.82, 2.24) is 0 Å². The van der Waals surface area contributed by atoms with Crippen molar-refractivity contribution in [3.63, 3.8) is 0 Å². The number of para-hydroxylation sites is 1. The maximum Gasteiger partial charge on any atom is 0.224 e. The van der Waals surface area contributed by atoms with Crippen molar-refractivity contribution in [2.75, 3.05) is 11.9 Å². The van der Waals surface area contributed by atoms with Gasteiger partial charge in [0.25, 0.3) is 0 Å². The van der Waals surface area contributed by atoms with Crippen LogP contribution in [0.1, 0.15) is 38.2 Å². The molecule has 0 bridgehead atoms. The van der Waals surface area contributed by atoms with Crippen LogP contribution in [0.3, 0.4) is 0 Å². The van der Waals surface area contributed by atoms with Crippen LogP contribution >= 0.6 is 0 Å². The van der Waals surface area contributed by atoms with Crippen LogP contribution in [0, 0.1) is 12.8 Å². The van der Waals surface area contributed by atoms with E-state index in [4.69, 9.17) is 5.73 Å². The van der Waals surface area contributed by atoms with E-state index in [9.17, 15) is 4.79 Å². The minimum Gasteiger partial charge on any atom is -0.330 e. The summed E-state index contributed by atoms with van der Waals surface area (Å²) in [5.41, 5.74) is 7.56. The van der Waals surface area contributed by atoms with Crippen LogP contribution in [0.15, 0.2) is 24.3 Å². The van der Waals surface area contributed by atoms with Gasteiger partial charge in [-0.25, -0.2) is 0 Å². The van der Waals surface area contributed by atoms with Crippen molar-refractivity contribution in [2.24, 2.45) is 11.7 Å². The zero-order valence-electron chi connectivity index (χ0n) is 11.4. The van der Waals surface area contributed by atoms with Gasteiger partial charge in [-0.1, -0.05) is 31.5 Å². The lowest BCUT2D eigenvalue weighted by molar-refractivity contribution is -0.116. The van der Waals surface area contributed by atoms with E-state index in [0.717, 1.165) is 30.5 Å². The fourth-order valence-corrected chi connectivity index (χ4v) is 2.05. The molecule has 0 saturated carbocycles. The Labute approximate surface area is 110 Å². The van der Waals surface area contributed by atoms with Gasteiger partial charge >= 0.3 is 0 Å². The molecule has 0 aliphatic carbocycles. The smallest absolute Gasteiger partial charge is 0.224 e. The van der Waals surface area contributed by atoms with Crippen LogP contribution in [-0.4, -0.2) is 12.5 Å². The number of aryl methyl sites for hydroxylation is 1. The third-order valence-electron chi connectivity index (χ3n) is 3.35. The molecule has 18 heavy (non-hydrogen) atoms. The Kier molecular flexibility index (Phi) is 6.44. The number of carbonyl (C=O) groups excluding carboxylic acids is 1. The summed E-state index contributed by atoms with van der Waals surface area (Å²) in [6, 6.07) is 7.84. The summed E-state index contributed by atoms with van der Waals surface area (Å²) in [5, 5.41) is 2.96. The highest BCUT2D eigenvalue weighted by Crippen LogP contribution is 2.17. The molecule has 100 valence electrons. The molecule has 0 aromatic heterocycles. The Morgan fingerprint density at radius 3 is 2.67 bits per heavy atom. The lowest BCUT2D eigenvalue weighted by atomic mass is 9.96. The molecule has 1 rings (SSSR count). The van der Waals surface area contributed by atoms with E-state index in [1.165, 1.54) is 0 Å². The van der Waals surface area contributed by atoms with E-state index in [-0.39, 0.29) is 5.91 Å². The van der Waals surface area contributed by atoms with E-state index in [1.54, 1.807) is 0 Å². The van der Waals surface area contributed by atoms with Crippen molar-refractivity contribution < 1.29 is 4.79 Å². The first kappa shape index (κ1) is 14.7. The molecule has 3 heteroatoms. The SMILES string of the molecule is CCC(CCN)CCC(=O)Nc1ccccc1C. The fraction of sp³-hybridized carbons (Fsp3) is 0.533. The lowest BCUT2D eigenvalue weighted by Gasteiger charge is -2.13. The zero-order valence-corrected chi connectivity index (χ0v) is 11.4. The topological polar surface area (TPSA) is 55.1 Å². The van der Waals surface area contributed by atoms with Crippen molar-refractivity contribution >= 4 is 11.6 Å². The first-order chi connectivity index (χ1) is 8.67. The number of hydrogen-bond acceptors (Lipinski definition) is 2. The van der Waals surface area contributed by atoms with Crippen molar-refractivity contribution in [3.8, 4) is 0 Å². The average molecular weight is 248 g/mol. The van der Waals surface area contributed by atoms with Crippen LogP contribution in [0.5, 0.6) is 0 Å². The Morgan fingerprint density at radius 1 is 1.33 bits per heavy atom. The Bertz CT molecular complexity index is 377. The molecule has 0 saturated heterocycles. The quantitative estimate of drug-likeness (QED) is 0.779. The number of rotatable bonds is 7.